The number of nitrogens with zero attached hydrogens (tertiary/aromatic N) is 2. The lowest BCUT2D eigenvalue weighted by molar-refractivity contribution is 0.773. The third-order valence-electron chi connectivity index (χ3n) is 9.92. The second-order valence-electron chi connectivity index (χ2n) is 12.9. The molecule has 0 saturated carbocycles. The molecule has 2 nitrogen and oxygen atoms in total. The average Bonchev–Trinajstić information content (AvgIpc) is 3.48. The molecule has 0 bridgehead atoms. The number of hydrogen-bond donors (Lipinski definition) is 0. The van der Waals surface area contributed by atoms with Gasteiger partial charge in [0.15, 0.2) is 0 Å². The Kier molecular flexibility index (Phi) is 7.67. The van der Waals surface area contributed by atoms with Crippen molar-refractivity contribution in [3.63, 3.8) is 0 Å². The van der Waals surface area contributed by atoms with Crippen LogP contribution in [0.3, 0.4) is 0 Å². The fraction of sp³-hybridized carbons (Fsp3) is 0.130. The Labute approximate surface area is 283 Å². The first-order chi connectivity index (χ1) is 23.6. The normalized spacial score (nSPS) is 15.5. The fourth-order valence-electron chi connectivity index (χ4n) is 7.77. The summed E-state index contributed by atoms with van der Waals surface area (Å²) in [5, 5.41) is 3.79. The van der Waals surface area contributed by atoms with Crippen LogP contribution >= 0.6 is 0 Å². The van der Waals surface area contributed by atoms with E-state index in [4.69, 9.17) is 6.42 Å². The van der Waals surface area contributed by atoms with Gasteiger partial charge in [-0.2, -0.15) is 0 Å². The van der Waals surface area contributed by atoms with Crippen molar-refractivity contribution in [2.24, 2.45) is 0 Å². The molecule has 0 saturated heterocycles. The second-order valence-corrected chi connectivity index (χ2v) is 12.9. The van der Waals surface area contributed by atoms with Crippen LogP contribution in [0.4, 0.5) is 11.4 Å². The van der Waals surface area contributed by atoms with Crippen LogP contribution in [0.25, 0.3) is 50.6 Å². The lowest BCUT2D eigenvalue weighted by atomic mass is 9.84. The second kappa shape index (κ2) is 12.4. The monoisotopic (exact) mass is 618 g/mol. The van der Waals surface area contributed by atoms with Gasteiger partial charge in [0.25, 0.3) is 0 Å². The molecule has 8 rings (SSSR count). The maximum atomic E-state index is 5.53. The summed E-state index contributed by atoms with van der Waals surface area (Å²) in [6.45, 7) is 4.51. The van der Waals surface area contributed by atoms with Gasteiger partial charge in [-0.05, 0) is 114 Å². The predicted molar refractivity (Wildman–Crippen MR) is 206 cm³/mol. The summed E-state index contributed by atoms with van der Waals surface area (Å²) in [5.41, 5.74) is 14.0. The standard InChI is InChI=1S/C46H38N2/c1-4-5-7-17-33(3)47(43-25-15-19-34-18-10-11-22-38(34)43)37-29-27-35(28-30-37)41-31-42-45-32(2)16-14-26-44(45)48(36-20-8-6-9-21-36)46(42)40-24-13-12-23-39(40)41/h1,5-11,13-15,17-22,24-32H,12,16,23H2,2-3H3/b7-5-,33-17+. The van der Waals surface area contributed by atoms with Gasteiger partial charge in [-0.1, -0.05) is 104 Å². The highest BCUT2D eigenvalue weighted by Crippen LogP contribution is 2.46. The highest BCUT2D eigenvalue weighted by molar-refractivity contribution is 6.02. The number of aromatic nitrogens is 1. The lowest BCUT2D eigenvalue weighted by Crippen LogP contribution is -2.14. The summed E-state index contributed by atoms with van der Waals surface area (Å²) >= 11 is 0. The molecule has 0 radical (unpaired) electrons. The summed E-state index contributed by atoms with van der Waals surface area (Å²) in [6, 6.07) is 37.6. The van der Waals surface area contributed by atoms with Gasteiger partial charge in [0.05, 0.1) is 16.9 Å². The lowest BCUT2D eigenvalue weighted by Gasteiger charge is -2.27. The zero-order valence-electron chi connectivity index (χ0n) is 27.5. The van der Waals surface area contributed by atoms with E-state index in [1.54, 1.807) is 6.08 Å². The summed E-state index contributed by atoms with van der Waals surface area (Å²) < 4.78 is 2.50. The third kappa shape index (κ3) is 5.00. The van der Waals surface area contributed by atoms with Crippen LogP contribution in [0.2, 0.25) is 0 Å². The van der Waals surface area contributed by atoms with Gasteiger partial charge in [-0.25, -0.2) is 0 Å². The maximum absolute atomic E-state index is 5.53. The molecule has 6 aromatic rings. The van der Waals surface area contributed by atoms with Crippen molar-refractivity contribution in [1.29, 1.82) is 0 Å². The largest absolute Gasteiger partial charge is 0.314 e. The van der Waals surface area contributed by atoms with E-state index in [9.17, 15) is 0 Å². The molecule has 1 unspecified atom stereocenters. The molecule has 1 heterocycles. The van der Waals surface area contributed by atoms with Crippen LogP contribution in [-0.2, 0) is 6.42 Å². The number of terminal acetylenes is 1. The summed E-state index contributed by atoms with van der Waals surface area (Å²) in [6.07, 6.45) is 23.8. The summed E-state index contributed by atoms with van der Waals surface area (Å²) in [5.74, 6) is 3.06. The number of hydrogen-bond acceptors (Lipinski definition) is 1. The van der Waals surface area contributed by atoms with Gasteiger partial charge in [0, 0.05) is 33.4 Å². The molecule has 48 heavy (non-hydrogen) atoms. The number of anilines is 2. The Hall–Kier alpha value is -5.78. The van der Waals surface area contributed by atoms with Crippen LogP contribution < -0.4 is 4.90 Å². The Bertz CT molecular complexity index is 2330. The van der Waals surface area contributed by atoms with Crippen LogP contribution in [0.5, 0.6) is 0 Å². The molecule has 2 heteroatoms. The molecule has 0 aliphatic heterocycles. The van der Waals surface area contributed by atoms with Crippen LogP contribution in [-0.4, -0.2) is 4.57 Å². The molecule has 0 amide bonds. The molecule has 1 aromatic heterocycles. The van der Waals surface area contributed by atoms with Gasteiger partial charge < -0.3 is 9.47 Å². The molecule has 232 valence electrons. The third-order valence-corrected chi connectivity index (χ3v) is 9.92. The van der Waals surface area contributed by atoms with Crippen molar-refractivity contribution < 1.29 is 0 Å². The minimum Gasteiger partial charge on any atom is -0.314 e. The molecule has 0 N–H and O–H groups in total. The zero-order valence-corrected chi connectivity index (χ0v) is 27.5. The minimum absolute atomic E-state index is 0.450. The van der Waals surface area contributed by atoms with E-state index in [0.29, 0.717) is 5.92 Å². The first kappa shape index (κ1) is 29.6. The number of para-hydroxylation sites is 1. The van der Waals surface area contributed by atoms with Crippen LogP contribution in [0, 0.1) is 12.3 Å². The smallest absolute Gasteiger partial charge is 0.0613 e. The first-order valence-corrected chi connectivity index (χ1v) is 16.9. The molecular formula is C46H38N2. The van der Waals surface area contributed by atoms with Crippen molar-refractivity contribution in [1.82, 2.24) is 4.57 Å². The highest BCUT2D eigenvalue weighted by Gasteiger charge is 2.27. The van der Waals surface area contributed by atoms with Crippen molar-refractivity contribution in [3.05, 3.63) is 162 Å². The minimum atomic E-state index is 0.450. The molecular weight excluding hydrogens is 581 g/mol. The Morgan fingerprint density at radius 3 is 2.50 bits per heavy atom. The number of benzene rings is 5. The van der Waals surface area contributed by atoms with Crippen molar-refractivity contribution in [3.8, 4) is 29.2 Å². The molecule has 0 spiro atoms. The van der Waals surface area contributed by atoms with E-state index in [0.717, 1.165) is 36.3 Å². The predicted octanol–water partition coefficient (Wildman–Crippen LogP) is 12.2. The first-order valence-electron chi connectivity index (χ1n) is 16.9. The molecule has 5 aromatic carbocycles. The molecule has 2 aliphatic carbocycles. The quantitative estimate of drug-likeness (QED) is 0.133. The van der Waals surface area contributed by atoms with Crippen molar-refractivity contribution in [2.45, 2.75) is 39.0 Å². The van der Waals surface area contributed by atoms with Crippen LogP contribution in [0.1, 0.15) is 55.0 Å². The number of allylic oxidation sites excluding steroid dienone is 6. The maximum Gasteiger partial charge on any atom is 0.0613 e. The van der Waals surface area contributed by atoms with Gasteiger partial charge in [-0.15, -0.1) is 6.42 Å². The van der Waals surface area contributed by atoms with Gasteiger partial charge in [0.2, 0.25) is 0 Å². The molecule has 2 aliphatic rings. The fourth-order valence-corrected chi connectivity index (χ4v) is 7.77. The van der Waals surface area contributed by atoms with Crippen molar-refractivity contribution >= 4 is 45.2 Å². The Morgan fingerprint density at radius 2 is 1.67 bits per heavy atom. The molecule has 1 atom stereocenters. The van der Waals surface area contributed by atoms with Gasteiger partial charge in [-0.3, -0.25) is 0 Å². The number of rotatable bonds is 6. The SMILES string of the molecule is C#C/C=C\C=C(/C)N(c1ccc(-c2cc3c4c(n(-c5ccccc5)c3c3c2CCC=C3)C=CCC4C)cc1)c1cccc2ccccc12. The van der Waals surface area contributed by atoms with E-state index in [-0.39, 0.29) is 0 Å². The zero-order chi connectivity index (χ0) is 32.6. The Morgan fingerprint density at radius 1 is 0.875 bits per heavy atom. The van der Waals surface area contributed by atoms with E-state index >= 15 is 0 Å². The molecule has 0 fully saturated rings. The van der Waals surface area contributed by atoms with E-state index in [1.165, 1.54) is 60.9 Å². The van der Waals surface area contributed by atoms with Crippen LogP contribution in [0.15, 0.2) is 139 Å². The number of fused-ring (bicyclic) bond motifs is 6. The van der Waals surface area contributed by atoms with E-state index in [1.807, 2.05) is 6.08 Å². The van der Waals surface area contributed by atoms with Gasteiger partial charge >= 0.3 is 0 Å². The van der Waals surface area contributed by atoms with E-state index in [2.05, 4.69) is 163 Å². The van der Waals surface area contributed by atoms with Gasteiger partial charge in [0.1, 0.15) is 0 Å². The Balaban J connectivity index is 1.31. The van der Waals surface area contributed by atoms with E-state index < -0.39 is 0 Å². The summed E-state index contributed by atoms with van der Waals surface area (Å²) in [4.78, 5) is 2.33. The highest BCUT2D eigenvalue weighted by atomic mass is 15.1. The summed E-state index contributed by atoms with van der Waals surface area (Å²) in [7, 11) is 0. The van der Waals surface area contributed by atoms with Crippen molar-refractivity contribution in [2.75, 3.05) is 4.90 Å². The topological polar surface area (TPSA) is 8.17 Å². The average molecular weight is 619 g/mol.